The molecular formula is C7H6N2O2S. The summed E-state index contributed by atoms with van der Waals surface area (Å²) in [7, 11) is 0. The second kappa shape index (κ2) is 2.31. The van der Waals surface area contributed by atoms with E-state index in [4.69, 9.17) is 5.11 Å². The van der Waals surface area contributed by atoms with Crippen LogP contribution in [0.3, 0.4) is 0 Å². The second-order valence-corrected chi connectivity index (χ2v) is 3.38. The molecule has 0 bridgehead atoms. The van der Waals surface area contributed by atoms with Gasteiger partial charge in [-0.3, -0.25) is 4.40 Å². The Bertz CT molecular complexity index is 443. The Labute approximate surface area is 72.1 Å². The zero-order chi connectivity index (χ0) is 8.72. The number of nitrogens with zero attached hydrogens (tertiary/aromatic N) is 2. The maximum Gasteiger partial charge on any atom is 0.347 e. The van der Waals surface area contributed by atoms with Crippen molar-refractivity contribution >= 4 is 22.3 Å². The molecule has 2 rings (SSSR count). The summed E-state index contributed by atoms with van der Waals surface area (Å²) in [5.74, 6) is -0.886. The lowest BCUT2D eigenvalue weighted by Gasteiger charge is -1.89. The standard InChI is InChI=1S/C7H6N2O2S/c1-4-5(6(10)11)12-7-8-2-3-9(4)7/h2-3H,1H3,(H,10,11). The topological polar surface area (TPSA) is 54.6 Å². The molecule has 62 valence electrons. The van der Waals surface area contributed by atoms with E-state index in [-0.39, 0.29) is 0 Å². The molecule has 0 amide bonds. The van der Waals surface area contributed by atoms with Crippen LogP contribution in [0.1, 0.15) is 15.4 Å². The van der Waals surface area contributed by atoms with E-state index in [0.29, 0.717) is 4.88 Å². The van der Waals surface area contributed by atoms with Crippen LogP contribution in [0.2, 0.25) is 0 Å². The minimum Gasteiger partial charge on any atom is -0.477 e. The van der Waals surface area contributed by atoms with Gasteiger partial charge in [0.2, 0.25) is 0 Å². The molecule has 0 aliphatic rings. The first-order valence-corrected chi connectivity index (χ1v) is 4.17. The van der Waals surface area contributed by atoms with Crippen molar-refractivity contribution in [1.29, 1.82) is 0 Å². The van der Waals surface area contributed by atoms with Crippen LogP contribution in [0.15, 0.2) is 12.4 Å². The minimum atomic E-state index is -0.886. The average Bonchev–Trinajstić information content (AvgIpc) is 2.53. The van der Waals surface area contributed by atoms with Crippen LogP contribution in [0, 0.1) is 6.92 Å². The van der Waals surface area contributed by atoms with Crippen molar-refractivity contribution in [2.45, 2.75) is 6.92 Å². The van der Waals surface area contributed by atoms with Gasteiger partial charge in [0.1, 0.15) is 4.88 Å². The van der Waals surface area contributed by atoms with Crippen LogP contribution < -0.4 is 0 Å². The molecule has 0 aliphatic heterocycles. The summed E-state index contributed by atoms with van der Waals surface area (Å²) in [6.45, 7) is 1.77. The number of carboxylic acid groups (broad SMARTS) is 1. The highest BCUT2D eigenvalue weighted by Crippen LogP contribution is 2.20. The maximum atomic E-state index is 10.7. The molecule has 0 fully saturated rings. The average molecular weight is 182 g/mol. The normalized spacial score (nSPS) is 10.8. The Balaban J connectivity index is 2.78. The number of carbonyl (C=O) groups is 1. The number of aromatic nitrogens is 2. The summed E-state index contributed by atoms with van der Waals surface area (Å²) < 4.78 is 1.77. The smallest absolute Gasteiger partial charge is 0.347 e. The third kappa shape index (κ3) is 0.831. The predicted octanol–water partition coefficient (Wildman–Crippen LogP) is 1.40. The van der Waals surface area contributed by atoms with Crippen molar-refractivity contribution in [3.63, 3.8) is 0 Å². The lowest BCUT2D eigenvalue weighted by Crippen LogP contribution is -1.96. The van der Waals surface area contributed by atoms with E-state index in [1.807, 2.05) is 0 Å². The molecule has 2 heterocycles. The van der Waals surface area contributed by atoms with Gasteiger partial charge in [0.15, 0.2) is 4.96 Å². The summed E-state index contributed by atoms with van der Waals surface area (Å²) in [5, 5.41) is 8.75. The van der Waals surface area contributed by atoms with Crippen molar-refractivity contribution in [3.8, 4) is 0 Å². The fraction of sp³-hybridized carbons (Fsp3) is 0.143. The molecule has 0 spiro atoms. The summed E-state index contributed by atoms with van der Waals surface area (Å²) in [6, 6.07) is 0. The number of thiazole rings is 1. The van der Waals surface area contributed by atoms with Crippen molar-refractivity contribution in [1.82, 2.24) is 9.38 Å². The summed E-state index contributed by atoms with van der Waals surface area (Å²) in [5.41, 5.74) is 0.736. The highest BCUT2D eigenvalue weighted by Gasteiger charge is 2.13. The Hall–Kier alpha value is -1.36. The zero-order valence-electron chi connectivity index (χ0n) is 6.31. The van der Waals surface area contributed by atoms with Gasteiger partial charge in [-0.15, -0.1) is 0 Å². The van der Waals surface area contributed by atoms with Crippen LogP contribution in [-0.2, 0) is 0 Å². The lowest BCUT2D eigenvalue weighted by atomic mass is 10.4. The predicted molar refractivity (Wildman–Crippen MR) is 44.8 cm³/mol. The molecule has 2 aromatic heterocycles. The third-order valence-electron chi connectivity index (χ3n) is 1.68. The van der Waals surface area contributed by atoms with Gasteiger partial charge in [-0.2, -0.15) is 0 Å². The molecule has 0 radical (unpaired) electrons. The van der Waals surface area contributed by atoms with Gasteiger partial charge in [-0.05, 0) is 6.92 Å². The van der Waals surface area contributed by atoms with Crippen LogP contribution in [0.5, 0.6) is 0 Å². The summed E-state index contributed by atoms with van der Waals surface area (Å²) >= 11 is 1.19. The van der Waals surface area contributed by atoms with Gasteiger partial charge in [0.05, 0.1) is 0 Å². The maximum absolute atomic E-state index is 10.7. The number of carboxylic acids is 1. The molecular weight excluding hydrogens is 176 g/mol. The highest BCUT2D eigenvalue weighted by atomic mass is 32.1. The molecule has 0 aliphatic carbocycles. The number of hydrogen-bond donors (Lipinski definition) is 1. The first kappa shape index (κ1) is 7.30. The van der Waals surface area contributed by atoms with Gasteiger partial charge in [0, 0.05) is 18.1 Å². The molecule has 0 saturated carbocycles. The Morgan fingerprint density at radius 1 is 1.75 bits per heavy atom. The number of aromatic carboxylic acids is 1. The molecule has 0 atom stereocenters. The zero-order valence-corrected chi connectivity index (χ0v) is 7.13. The van der Waals surface area contributed by atoms with Gasteiger partial charge in [-0.1, -0.05) is 11.3 Å². The van der Waals surface area contributed by atoms with Crippen LogP contribution in [-0.4, -0.2) is 20.5 Å². The first-order valence-electron chi connectivity index (χ1n) is 3.36. The van der Waals surface area contributed by atoms with E-state index < -0.39 is 5.97 Å². The monoisotopic (exact) mass is 182 g/mol. The molecule has 1 N–H and O–H groups in total. The molecule has 4 nitrogen and oxygen atoms in total. The summed E-state index contributed by atoms with van der Waals surface area (Å²) in [6.07, 6.45) is 3.41. The van der Waals surface area contributed by atoms with Gasteiger partial charge < -0.3 is 5.11 Å². The van der Waals surface area contributed by atoms with Crippen molar-refractivity contribution < 1.29 is 9.90 Å². The summed E-state index contributed by atoms with van der Waals surface area (Å²) in [4.78, 5) is 15.7. The second-order valence-electron chi connectivity index (χ2n) is 2.40. The van der Waals surface area contributed by atoms with Crippen molar-refractivity contribution in [2.24, 2.45) is 0 Å². The number of imidazole rings is 1. The van der Waals surface area contributed by atoms with Crippen LogP contribution in [0.4, 0.5) is 0 Å². The Kier molecular flexibility index (Phi) is 1.41. The van der Waals surface area contributed by atoms with Crippen molar-refractivity contribution in [2.75, 3.05) is 0 Å². The van der Waals surface area contributed by atoms with E-state index in [0.717, 1.165) is 10.7 Å². The van der Waals surface area contributed by atoms with Gasteiger partial charge in [-0.25, -0.2) is 9.78 Å². The van der Waals surface area contributed by atoms with E-state index in [1.54, 1.807) is 23.7 Å². The van der Waals surface area contributed by atoms with E-state index in [2.05, 4.69) is 4.98 Å². The van der Waals surface area contributed by atoms with Crippen molar-refractivity contribution in [3.05, 3.63) is 23.0 Å². The SMILES string of the molecule is Cc1c(C(=O)O)sc2nccn12. The van der Waals surface area contributed by atoms with E-state index in [9.17, 15) is 4.79 Å². The molecule has 0 unspecified atom stereocenters. The number of fused-ring (bicyclic) bond motifs is 1. The number of aryl methyl sites for hydroxylation is 1. The molecule has 5 heteroatoms. The largest absolute Gasteiger partial charge is 0.477 e. The minimum absolute atomic E-state index is 0.359. The van der Waals surface area contributed by atoms with Crippen LogP contribution >= 0.6 is 11.3 Å². The van der Waals surface area contributed by atoms with E-state index >= 15 is 0 Å². The van der Waals surface area contributed by atoms with Crippen LogP contribution in [0.25, 0.3) is 4.96 Å². The fourth-order valence-electron chi connectivity index (χ4n) is 1.09. The van der Waals surface area contributed by atoms with Gasteiger partial charge in [0.25, 0.3) is 0 Å². The Morgan fingerprint density at radius 2 is 2.50 bits per heavy atom. The molecule has 0 aromatic carbocycles. The fourth-order valence-corrected chi connectivity index (χ4v) is 2.02. The molecule has 12 heavy (non-hydrogen) atoms. The highest BCUT2D eigenvalue weighted by molar-refractivity contribution is 7.18. The number of hydrogen-bond acceptors (Lipinski definition) is 3. The third-order valence-corrected chi connectivity index (χ3v) is 2.84. The first-order chi connectivity index (χ1) is 5.70. The van der Waals surface area contributed by atoms with Gasteiger partial charge >= 0.3 is 5.97 Å². The lowest BCUT2D eigenvalue weighted by molar-refractivity contribution is 0.0701. The molecule has 2 aromatic rings. The molecule has 0 saturated heterocycles. The quantitative estimate of drug-likeness (QED) is 0.725. The number of rotatable bonds is 1. The Morgan fingerprint density at radius 3 is 3.08 bits per heavy atom. The van der Waals surface area contributed by atoms with E-state index in [1.165, 1.54) is 11.3 Å².